The smallest absolute Gasteiger partial charge is 0.105 e. The highest BCUT2D eigenvalue weighted by Crippen LogP contribution is 2.34. The molecule has 1 rings (SSSR count). The minimum absolute atomic E-state index is 0.614. The summed E-state index contributed by atoms with van der Waals surface area (Å²) in [5, 5.41) is -0.516. The molecule has 0 aliphatic rings. The number of hydrogen-bond acceptors (Lipinski definition) is 0. The van der Waals surface area contributed by atoms with E-state index >= 15 is 0 Å². The fourth-order valence-electron chi connectivity index (χ4n) is 1.58. The van der Waals surface area contributed by atoms with Gasteiger partial charge in [-0.2, -0.15) is 0 Å². The van der Waals surface area contributed by atoms with Crippen molar-refractivity contribution in [3.63, 3.8) is 0 Å². The molecule has 0 aromatic heterocycles. The van der Waals surface area contributed by atoms with Crippen molar-refractivity contribution < 1.29 is 0 Å². The fraction of sp³-hybridized carbons (Fsp3) is 0.500. The molecule has 0 atom stereocenters. The summed E-state index contributed by atoms with van der Waals surface area (Å²) in [5.41, 5.74) is 1.23. The molecule has 0 amide bonds. The zero-order chi connectivity index (χ0) is 14.1. The molecule has 102 valence electrons. The first-order chi connectivity index (χ1) is 8.10. The van der Waals surface area contributed by atoms with Crippen LogP contribution in [-0.4, -0.2) is 10.6 Å². The third-order valence-electron chi connectivity index (χ3n) is 3.10. The van der Waals surface area contributed by atoms with Crippen LogP contribution in [0.15, 0.2) is 24.3 Å². The first-order valence-electron chi connectivity index (χ1n) is 5.96. The highest BCUT2D eigenvalue weighted by Gasteiger charge is 2.36. The Labute approximate surface area is 144 Å². The second-order valence-electron chi connectivity index (χ2n) is 5.13. The van der Waals surface area contributed by atoms with Crippen LogP contribution < -0.4 is 10.4 Å². The summed E-state index contributed by atoms with van der Waals surface area (Å²) < 4.78 is 0. The topological polar surface area (TPSA) is 0 Å². The maximum absolute atomic E-state index is 3.90. The maximum atomic E-state index is 3.90. The quantitative estimate of drug-likeness (QED) is 0.357. The van der Waals surface area contributed by atoms with Crippen molar-refractivity contribution in [1.82, 2.24) is 0 Å². The predicted octanol–water partition coefficient (Wildman–Crippen LogP) is 5.38. The highest BCUT2D eigenvalue weighted by molar-refractivity contribution is 9.52. The van der Waals surface area contributed by atoms with Gasteiger partial charge in [0.15, 0.2) is 0 Å². The SMILES string of the molecule is CC(C)[Si](Br)(Br)c1ccc([Si](Br)(Br)C(C)C)cc1. The molecule has 18 heavy (non-hydrogen) atoms. The second kappa shape index (κ2) is 6.56. The molecule has 0 unspecified atom stereocenters. The van der Waals surface area contributed by atoms with Crippen LogP contribution in [0.4, 0.5) is 0 Å². The Kier molecular flexibility index (Phi) is 6.42. The van der Waals surface area contributed by atoms with Gasteiger partial charge in [-0.25, -0.2) is 0 Å². The van der Waals surface area contributed by atoms with Crippen LogP contribution >= 0.6 is 61.2 Å². The van der Waals surface area contributed by atoms with Crippen LogP contribution in [0, 0.1) is 0 Å². The summed E-state index contributed by atoms with van der Waals surface area (Å²) in [4.78, 5) is 0. The Hall–Kier alpha value is 1.57. The zero-order valence-corrected chi connectivity index (χ0v) is 19.3. The van der Waals surface area contributed by atoms with E-state index in [-0.39, 0.29) is 0 Å². The third kappa shape index (κ3) is 3.81. The molecule has 0 N–H and O–H groups in total. The molecule has 0 saturated carbocycles. The van der Waals surface area contributed by atoms with E-state index in [1.807, 2.05) is 0 Å². The lowest BCUT2D eigenvalue weighted by atomic mass is 10.4. The van der Waals surface area contributed by atoms with Crippen molar-refractivity contribution in [2.24, 2.45) is 0 Å². The molecule has 1 aromatic carbocycles. The van der Waals surface area contributed by atoms with Gasteiger partial charge in [-0.15, -0.1) is 61.2 Å². The lowest BCUT2D eigenvalue weighted by Gasteiger charge is -2.25. The van der Waals surface area contributed by atoms with Gasteiger partial charge < -0.3 is 0 Å². The molecule has 0 fully saturated rings. The van der Waals surface area contributed by atoms with Gasteiger partial charge in [-0.3, -0.25) is 0 Å². The third-order valence-corrected chi connectivity index (χ3v) is 24.7. The van der Waals surface area contributed by atoms with Crippen LogP contribution in [0.25, 0.3) is 0 Å². The second-order valence-corrected chi connectivity index (χ2v) is 32.5. The highest BCUT2D eigenvalue weighted by atomic mass is 79.9. The molecule has 0 aliphatic carbocycles. The van der Waals surface area contributed by atoms with Crippen molar-refractivity contribution in [3.05, 3.63) is 24.3 Å². The van der Waals surface area contributed by atoms with Crippen molar-refractivity contribution in [2.45, 2.75) is 38.8 Å². The van der Waals surface area contributed by atoms with Crippen LogP contribution in [0.2, 0.25) is 11.1 Å². The van der Waals surface area contributed by atoms with Gasteiger partial charge >= 0.3 is 0 Å². The molecule has 0 spiro atoms. The van der Waals surface area contributed by atoms with Gasteiger partial charge in [-0.05, 0) is 21.5 Å². The minimum Gasteiger partial charge on any atom is -0.105 e. The first kappa shape index (κ1) is 17.6. The molecule has 1 aromatic rings. The van der Waals surface area contributed by atoms with Gasteiger partial charge in [0.05, 0.1) is 0 Å². The Bertz CT molecular complexity index is 360. The van der Waals surface area contributed by atoms with Crippen molar-refractivity contribution in [1.29, 1.82) is 0 Å². The summed E-state index contributed by atoms with van der Waals surface area (Å²) in [5.74, 6) is 0. The molecular weight excluding hydrogens is 520 g/mol. The Balaban J connectivity index is 3.08. The minimum atomic E-state index is -1.66. The lowest BCUT2D eigenvalue weighted by Crippen LogP contribution is -2.42. The number of benzene rings is 1. The van der Waals surface area contributed by atoms with E-state index in [9.17, 15) is 0 Å². The van der Waals surface area contributed by atoms with Gasteiger partial charge in [0.2, 0.25) is 10.6 Å². The van der Waals surface area contributed by atoms with E-state index in [4.69, 9.17) is 0 Å². The van der Waals surface area contributed by atoms with Crippen LogP contribution in [0.1, 0.15) is 27.7 Å². The normalized spacial score (nSPS) is 13.4. The summed E-state index contributed by atoms with van der Waals surface area (Å²) in [6, 6.07) is 9.05. The largest absolute Gasteiger partial charge is 0.232 e. The fourth-order valence-corrected chi connectivity index (χ4v) is 7.31. The van der Waals surface area contributed by atoms with E-state index in [1.165, 1.54) is 10.4 Å². The number of hydrogen-bond donors (Lipinski definition) is 0. The summed E-state index contributed by atoms with van der Waals surface area (Å²) in [6.07, 6.45) is 0. The number of rotatable bonds is 4. The average Bonchev–Trinajstić information content (AvgIpc) is 2.28. The van der Waals surface area contributed by atoms with Gasteiger partial charge in [0.1, 0.15) is 0 Å². The van der Waals surface area contributed by atoms with Gasteiger partial charge in [0, 0.05) is 0 Å². The van der Waals surface area contributed by atoms with E-state index in [1.54, 1.807) is 0 Å². The van der Waals surface area contributed by atoms with Crippen molar-refractivity contribution >= 4 is 82.2 Å². The molecule has 0 saturated heterocycles. The molecule has 0 aliphatic heterocycles. The number of halogens is 4. The molecule has 0 heterocycles. The summed E-state index contributed by atoms with van der Waals surface area (Å²) in [7, 11) is 0. The Morgan fingerprint density at radius 2 is 0.889 bits per heavy atom. The maximum Gasteiger partial charge on any atom is 0.232 e. The standard InChI is InChI=1S/C12H18Br4Si2/c1-9(2)17(13,14)11-5-7-12(8-6-11)18(15,16)10(3)4/h5-10H,1-4H3. The van der Waals surface area contributed by atoms with Crippen molar-refractivity contribution in [2.75, 3.05) is 0 Å². The molecule has 0 nitrogen and oxygen atoms in total. The predicted molar refractivity (Wildman–Crippen MR) is 103 cm³/mol. The molecule has 0 radical (unpaired) electrons. The van der Waals surface area contributed by atoms with E-state index in [0.717, 1.165) is 0 Å². The van der Waals surface area contributed by atoms with Gasteiger partial charge in [0.25, 0.3) is 0 Å². The monoisotopic (exact) mass is 534 g/mol. The summed E-state index contributed by atoms with van der Waals surface area (Å²) in [6.45, 7) is 9.02. The first-order valence-corrected chi connectivity index (χ1v) is 19.1. The van der Waals surface area contributed by atoms with Crippen LogP contribution in [-0.2, 0) is 0 Å². The van der Waals surface area contributed by atoms with E-state index < -0.39 is 10.6 Å². The average molecular weight is 538 g/mol. The van der Waals surface area contributed by atoms with E-state index in [0.29, 0.717) is 11.1 Å². The van der Waals surface area contributed by atoms with E-state index in [2.05, 4.69) is 113 Å². The van der Waals surface area contributed by atoms with Crippen LogP contribution in [0.5, 0.6) is 0 Å². The lowest BCUT2D eigenvalue weighted by molar-refractivity contribution is 1.06. The Morgan fingerprint density at radius 1 is 0.667 bits per heavy atom. The zero-order valence-electron chi connectivity index (χ0n) is 11.0. The van der Waals surface area contributed by atoms with Crippen molar-refractivity contribution in [3.8, 4) is 0 Å². The molecule has 6 heteroatoms. The van der Waals surface area contributed by atoms with Gasteiger partial charge in [-0.1, -0.05) is 52.0 Å². The molecule has 0 bridgehead atoms. The molecular formula is C12H18Br4Si2. The van der Waals surface area contributed by atoms with Crippen LogP contribution in [0.3, 0.4) is 0 Å². The Morgan fingerprint density at radius 3 is 1.06 bits per heavy atom. The summed E-state index contributed by atoms with van der Waals surface area (Å²) >= 11 is 15.6.